The van der Waals surface area contributed by atoms with Crippen molar-refractivity contribution >= 4 is 33.3 Å². The topological polar surface area (TPSA) is 50.7 Å². The molecule has 2 heterocycles. The fourth-order valence-corrected chi connectivity index (χ4v) is 1.64. The van der Waals surface area contributed by atoms with Crippen LogP contribution < -0.4 is 5.32 Å². The second kappa shape index (κ2) is 5.23. The number of aromatic nitrogens is 3. The summed E-state index contributed by atoms with van der Waals surface area (Å²) in [4.78, 5) is 12.0. The fourth-order valence-electron chi connectivity index (χ4n) is 1.16. The molecule has 2 rings (SSSR count). The van der Waals surface area contributed by atoms with Crippen LogP contribution in [0, 0.1) is 0 Å². The minimum absolute atomic E-state index is 0.392. The molecule has 0 bridgehead atoms. The molecule has 0 saturated heterocycles. The average molecular weight is 300 g/mol. The fraction of sp³-hybridized carbons (Fsp3) is 0.100. The van der Waals surface area contributed by atoms with Crippen molar-refractivity contribution in [2.75, 3.05) is 5.32 Å². The Kier molecular flexibility index (Phi) is 3.69. The van der Waals surface area contributed by atoms with Gasteiger partial charge < -0.3 is 5.32 Å². The van der Waals surface area contributed by atoms with Gasteiger partial charge in [0.25, 0.3) is 0 Å². The van der Waals surface area contributed by atoms with Gasteiger partial charge in [-0.25, -0.2) is 9.97 Å². The molecule has 0 aromatic carbocycles. The minimum atomic E-state index is 0.392. The zero-order valence-electron chi connectivity index (χ0n) is 8.19. The second-order valence-corrected chi connectivity index (χ2v) is 4.19. The Balaban J connectivity index is 2.08. The van der Waals surface area contributed by atoms with Crippen molar-refractivity contribution in [3.8, 4) is 0 Å². The number of rotatable bonds is 3. The van der Waals surface area contributed by atoms with Crippen molar-refractivity contribution in [2.45, 2.75) is 6.54 Å². The van der Waals surface area contributed by atoms with E-state index in [1.807, 2.05) is 12.1 Å². The predicted octanol–water partition coefficient (Wildman–Crippen LogP) is 2.90. The van der Waals surface area contributed by atoms with Crippen molar-refractivity contribution in [2.24, 2.45) is 0 Å². The summed E-state index contributed by atoms with van der Waals surface area (Å²) < 4.78 is 0.667. The molecule has 0 amide bonds. The lowest BCUT2D eigenvalue weighted by Gasteiger charge is -2.07. The van der Waals surface area contributed by atoms with Gasteiger partial charge in [0, 0.05) is 18.9 Å². The lowest BCUT2D eigenvalue weighted by Crippen LogP contribution is -2.02. The number of hydrogen-bond acceptors (Lipinski definition) is 4. The molecule has 6 heteroatoms. The van der Waals surface area contributed by atoms with Crippen LogP contribution in [0.1, 0.15) is 5.56 Å². The number of nitrogens with one attached hydrogen (secondary N) is 1. The molecule has 0 unspecified atom stereocenters. The molecule has 1 N–H and O–H groups in total. The Morgan fingerprint density at radius 1 is 1.38 bits per heavy atom. The third kappa shape index (κ3) is 2.68. The summed E-state index contributed by atoms with van der Waals surface area (Å²) in [5.74, 6) is 0.670. The minimum Gasteiger partial charge on any atom is -0.365 e. The number of pyridine rings is 1. The van der Waals surface area contributed by atoms with E-state index in [0.717, 1.165) is 5.56 Å². The standard InChI is InChI=1S/C10H8BrClN4/c11-8-9(12)15-6-16-10(8)14-5-7-2-1-3-13-4-7/h1-4,6H,5H2,(H,14,15,16). The van der Waals surface area contributed by atoms with Crippen LogP contribution in [0.25, 0.3) is 0 Å². The zero-order chi connectivity index (χ0) is 11.4. The van der Waals surface area contributed by atoms with E-state index in [4.69, 9.17) is 11.6 Å². The van der Waals surface area contributed by atoms with Crippen LogP contribution in [0.2, 0.25) is 5.15 Å². The Labute approximate surface area is 106 Å². The van der Waals surface area contributed by atoms with Gasteiger partial charge in [0.05, 0.1) is 4.47 Å². The van der Waals surface area contributed by atoms with Crippen LogP contribution in [0.3, 0.4) is 0 Å². The summed E-state index contributed by atoms with van der Waals surface area (Å²) in [5, 5.41) is 3.54. The number of halogens is 2. The van der Waals surface area contributed by atoms with Gasteiger partial charge in [-0.15, -0.1) is 0 Å². The molecule has 16 heavy (non-hydrogen) atoms. The number of hydrogen-bond donors (Lipinski definition) is 1. The van der Waals surface area contributed by atoms with Gasteiger partial charge in [-0.1, -0.05) is 17.7 Å². The molecule has 82 valence electrons. The van der Waals surface area contributed by atoms with Gasteiger partial charge in [-0.3, -0.25) is 4.98 Å². The molecule has 0 aliphatic carbocycles. The molecule has 0 spiro atoms. The average Bonchev–Trinajstić information content (AvgIpc) is 2.32. The SMILES string of the molecule is Clc1ncnc(NCc2cccnc2)c1Br. The first-order valence-electron chi connectivity index (χ1n) is 4.56. The Bertz CT molecular complexity index is 478. The van der Waals surface area contributed by atoms with E-state index < -0.39 is 0 Å². The lowest BCUT2D eigenvalue weighted by atomic mass is 10.3. The van der Waals surface area contributed by atoms with Gasteiger partial charge in [0.1, 0.15) is 17.3 Å². The van der Waals surface area contributed by atoms with Gasteiger partial charge in [-0.2, -0.15) is 0 Å². The summed E-state index contributed by atoms with van der Waals surface area (Å²) in [6.45, 7) is 0.639. The highest BCUT2D eigenvalue weighted by Crippen LogP contribution is 2.26. The molecular weight excluding hydrogens is 291 g/mol. The van der Waals surface area contributed by atoms with E-state index in [1.54, 1.807) is 12.4 Å². The molecule has 0 radical (unpaired) electrons. The van der Waals surface area contributed by atoms with E-state index in [0.29, 0.717) is 22.0 Å². The summed E-state index contributed by atoms with van der Waals surface area (Å²) >= 11 is 9.16. The predicted molar refractivity (Wildman–Crippen MR) is 66.3 cm³/mol. The number of anilines is 1. The quantitative estimate of drug-likeness (QED) is 0.885. The van der Waals surface area contributed by atoms with Crippen LogP contribution in [0.5, 0.6) is 0 Å². The molecule has 2 aromatic rings. The van der Waals surface area contributed by atoms with Crippen molar-refractivity contribution in [1.82, 2.24) is 15.0 Å². The normalized spacial score (nSPS) is 10.1. The highest BCUT2D eigenvalue weighted by Gasteiger charge is 2.05. The third-order valence-electron chi connectivity index (χ3n) is 1.93. The van der Waals surface area contributed by atoms with Gasteiger partial charge >= 0.3 is 0 Å². The molecule has 0 aliphatic heterocycles. The van der Waals surface area contributed by atoms with E-state index in [9.17, 15) is 0 Å². The molecule has 0 atom stereocenters. The third-order valence-corrected chi connectivity index (χ3v) is 3.20. The first-order valence-corrected chi connectivity index (χ1v) is 5.73. The molecule has 0 saturated carbocycles. The molecule has 2 aromatic heterocycles. The van der Waals surface area contributed by atoms with Crippen molar-refractivity contribution < 1.29 is 0 Å². The monoisotopic (exact) mass is 298 g/mol. The second-order valence-electron chi connectivity index (χ2n) is 3.04. The van der Waals surface area contributed by atoms with E-state index in [2.05, 4.69) is 36.2 Å². The summed E-state index contributed by atoms with van der Waals surface area (Å²) in [7, 11) is 0. The van der Waals surface area contributed by atoms with Crippen LogP contribution in [0.15, 0.2) is 35.3 Å². The zero-order valence-corrected chi connectivity index (χ0v) is 10.5. The maximum Gasteiger partial charge on any atom is 0.148 e. The molecular formula is C10H8BrClN4. The molecule has 0 aliphatic rings. The maximum atomic E-state index is 5.85. The van der Waals surface area contributed by atoms with Crippen molar-refractivity contribution in [1.29, 1.82) is 0 Å². The Morgan fingerprint density at radius 3 is 3.00 bits per heavy atom. The summed E-state index contributed by atoms with van der Waals surface area (Å²) in [5.41, 5.74) is 1.07. The number of nitrogens with zero attached hydrogens (tertiary/aromatic N) is 3. The van der Waals surface area contributed by atoms with Gasteiger partial charge in [0.2, 0.25) is 0 Å². The van der Waals surface area contributed by atoms with E-state index in [1.165, 1.54) is 6.33 Å². The van der Waals surface area contributed by atoms with E-state index >= 15 is 0 Å². The molecule has 4 nitrogen and oxygen atoms in total. The Morgan fingerprint density at radius 2 is 2.25 bits per heavy atom. The van der Waals surface area contributed by atoms with Gasteiger partial charge in [0.15, 0.2) is 0 Å². The lowest BCUT2D eigenvalue weighted by molar-refractivity contribution is 1.06. The Hall–Kier alpha value is -1.20. The van der Waals surface area contributed by atoms with Gasteiger partial charge in [-0.05, 0) is 27.6 Å². The van der Waals surface area contributed by atoms with Crippen molar-refractivity contribution in [3.63, 3.8) is 0 Å². The maximum absolute atomic E-state index is 5.85. The van der Waals surface area contributed by atoms with Crippen LogP contribution >= 0.6 is 27.5 Å². The summed E-state index contributed by atoms with van der Waals surface area (Å²) in [6.07, 6.45) is 4.95. The highest BCUT2D eigenvalue weighted by molar-refractivity contribution is 9.10. The smallest absolute Gasteiger partial charge is 0.148 e. The largest absolute Gasteiger partial charge is 0.365 e. The van der Waals surface area contributed by atoms with Crippen LogP contribution in [-0.4, -0.2) is 15.0 Å². The first kappa shape index (κ1) is 11.3. The van der Waals surface area contributed by atoms with E-state index in [-0.39, 0.29) is 0 Å². The summed E-state index contributed by atoms with van der Waals surface area (Å²) in [6, 6.07) is 3.87. The van der Waals surface area contributed by atoms with Crippen molar-refractivity contribution in [3.05, 3.63) is 46.0 Å². The first-order chi connectivity index (χ1) is 7.77. The highest BCUT2D eigenvalue weighted by atomic mass is 79.9. The van der Waals surface area contributed by atoms with Crippen LogP contribution in [-0.2, 0) is 6.54 Å². The van der Waals surface area contributed by atoms with Crippen LogP contribution in [0.4, 0.5) is 5.82 Å². The molecule has 0 fully saturated rings.